The number of rotatable bonds is 2. The standard InChI is InChI=1S/C12H15N3O/c13-8-12(5-9(16)6-12)10-7-14-11-3-1-2-4-15(10)11/h1-4,7,9,16H,5-6,8,13H2. The molecule has 0 atom stereocenters. The molecule has 3 rings (SSSR count). The van der Waals surface area contributed by atoms with Crippen molar-refractivity contribution >= 4 is 5.65 Å². The van der Waals surface area contributed by atoms with Crippen LogP contribution in [-0.2, 0) is 5.41 Å². The van der Waals surface area contributed by atoms with E-state index in [2.05, 4.69) is 9.38 Å². The van der Waals surface area contributed by atoms with Gasteiger partial charge in [-0.05, 0) is 25.0 Å². The lowest BCUT2D eigenvalue weighted by atomic mass is 9.65. The summed E-state index contributed by atoms with van der Waals surface area (Å²) in [5.74, 6) is 0. The molecule has 1 fully saturated rings. The van der Waals surface area contributed by atoms with E-state index in [-0.39, 0.29) is 11.5 Å². The third-order valence-electron chi connectivity index (χ3n) is 3.60. The third kappa shape index (κ3) is 1.20. The zero-order valence-electron chi connectivity index (χ0n) is 9.00. The number of aliphatic hydroxyl groups excluding tert-OH is 1. The highest BCUT2D eigenvalue weighted by molar-refractivity contribution is 5.42. The molecule has 0 aromatic carbocycles. The maximum atomic E-state index is 9.50. The van der Waals surface area contributed by atoms with Gasteiger partial charge in [-0.1, -0.05) is 6.07 Å². The van der Waals surface area contributed by atoms with Crippen molar-refractivity contribution < 1.29 is 5.11 Å². The molecule has 0 bridgehead atoms. The van der Waals surface area contributed by atoms with E-state index in [1.165, 1.54) is 0 Å². The van der Waals surface area contributed by atoms with Crippen molar-refractivity contribution in [1.82, 2.24) is 9.38 Å². The number of hydrogen-bond donors (Lipinski definition) is 2. The van der Waals surface area contributed by atoms with Gasteiger partial charge in [0.15, 0.2) is 0 Å². The number of aromatic nitrogens is 2. The summed E-state index contributed by atoms with van der Waals surface area (Å²) in [7, 11) is 0. The van der Waals surface area contributed by atoms with Gasteiger partial charge in [0.1, 0.15) is 5.65 Å². The first-order chi connectivity index (χ1) is 7.75. The molecule has 2 aromatic heterocycles. The van der Waals surface area contributed by atoms with Crippen LogP contribution in [0.5, 0.6) is 0 Å². The van der Waals surface area contributed by atoms with Gasteiger partial charge in [0, 0.05) is 24.4 Å². The molecule has 0 spiro atoms. The second kappa shape index (κ2) is 3.30. The smallest absolute Gasteiger partial charge is 0.136 e. The van der Waals surface area contributed by atoms with Gasteiger partial charge in [-0.3, -0.25) is 0 Å². The molecule has 0 saturated heterocycles. The first-order valence-corrected chi connectivity index (χ1v) is 5.56. The quantitative estimate of drug-likeness (QED) is 0.777. The van der Waals surface area contributed by atoms with Crippen molar-refractivity contribution in [3.8, 4) is 0 Å². The highest BCUT2D eigenvalue weighted by Crippen LogP contribution is 2.43. The summed E-state index contributed by atoms with van der Waals surface area (Å²) in [5, 5.41) is 9.50. The van der Waals surface area contributed by atoms with E-state index in [4.69, 9.17) is 5.73 Å². The van der Waals surface area contributed by atoms with E-state index < -0.39 is 0 Å². The second-order valence-corrected chi connectivity index (χ2v) is 4.62. The van der Waals surface area contributed by atoms with Gasteiger partial charge in [-0.15, -0.1) is 0 Å². The van der Waals surface area contributed by atoms with Crippen molar-refractivity contribution in [1.29, 1.82) is 0 Å². The molecular weight excluding hydrogens is 202 g/mol. The monoisotopic (exact) mass is 217 g/mol. The van der Waals surface area contributed by atoms with Crippen LogP contribution in [0.15, 0.2) is 30.6 Å². The van der Waals surface area contributed by atoms with Gasteiger partial charge >= 0.3 is 0 Å². The molecule has 0 radical (unpaired) electrons. The highest BCUT2D eigenvalue weighted by atomic mass is 16.3. The minimum absolute atomic E-state index is 0.0831. The molecule has 2 heterocycles. The van der Waals surface area contributed by atoms with Crippen LogP contribution < -0.4 is 5.73 Å². The summed E-state index contributed by atoms with van der Waals surface area (Å²) in [4.78, 5) is 4.37. The molecule has 1 aliphatic carbocycles. The van der Waals surface area contributed by atoms with E-state index in [1.54, 1.807) is 0 Å². The molecule has 2 aromatic rings. The zero-order valence-corrected chi connectivity index (χ0v) is 9.00. The molecule has 84 valence electrons. The van der Waals surface area contributed by atoms with Crippen molar-refractivity contribution in [2.45, 2.75) is 24.4 Å². The van der Waals surface area contributed by atoms with Gasteiger partial charge in [0.05, 0.1) is 11.8 Å². The van der Waals surface area contributed by atoms with Crippen LogP contribution in [0.4, 0.5) is 0 Å². The maximum Gasteiger partial charge on any atom is 0.136 e. The van der Waals surface area contributed by atoms with E-state index in [1.807, 2.05) is 30.6 Å². The predicted octanol–water partition coefficient (Wildman–Crippen LogP) is 0.685. The molecule has 16 heavy (non-hydrogen) atoms. The van der Waals surface area contributed by atoms with Crippen molar-refractivity contribution in [2.75, 3.05) is 6.54 Å². The van der Waals surface area contributed by atoms with Gasteiger partial charge in [-0.2, -0.15) is 0 Å². The Balaban J connectivity index is 2.12. The van der Waals surface area contributed by atoms with Gasteiger partial charge in [-0.25, -0.2) is 4.98 Å². The van der Waals surface area contributed by atoms with Crippen LogP contribution in [0.2, 0.25) is 0 Å². The van der Waals surface area contributed by atoms with E-state index in [0.717, 1.165) is 24.2 Å². The van der Waals surface area contributed by atoms with Crippen LogP contribution in [0.3, 0.4) is 0 Å². The van der Waals surface area contributed by atoms with Crippen LogP contribution in [-0.4, -0.2) is 27.1 Å². The maximum absolute atomic E-state index is 9.50. The number of pyridine rings is 1. The average Bonchev–Trinajstić information content (AvgIpc) is 2.68. The Morgan fingerprint density at radius 1 is 1.50 bits per heavy atom. The fraction of sp³-hybridized carbons (Fsp3) is 0.417. The van der Waals surface area contributed by atoms with Crippen molar-refractivity contribution in [2.24, 2.45) is 5.73 Å². The Labute approximate surface area is 93.7 Å². The molecule has 0 amide bonds. The number of nitrogens with zero attached hydrogens (tertiary/aromatic N) is 2. The number of nitrogens with two attached hydrogens (primary N) is 1. The average molecular weight is 217 g/mol. The highest BCUT2D eigenvalue weighted by Gasteiger charge is 2.45. The first kappa shape index (κ1) is 9.81. The summed E-state index contributed by atoms with van der Waals surface area (Å²) < 4.78 is 2.07. The molecule has 4 nitrogen and oxygen atoms in total. The molecule has 0 aliphatic heterocycles. The molecule has 1 saturated carbocycles. The van der Waals surface area contributed by atoms with Gasteiger partial charge < -0.3 is 15.2 Å². The molecule has 1 aliphatic rings. The predicted molar refractivity (Wildman–Crippen MR) is 61.2 cm³/mol. The summed E-state index contributed by atoms with van der Waals surface area (Å²) in [5.41, 5.74) is 7.84. The van der Waals surface area contributed by atoms with Crippen LogP contribution in [0.1, 0.15) is 18.5 Å². The molecule has 0 unspecified atom stereocenters. The van der Waals surface area contributed by atoms with Gasteiger partial charge in [0.25, 0.3) is 0 Å². The number of hydrogen-bond acceptors (Lipinski definition) is 3. The Hall–Kier alpha value is -1.39. The van der Waals surface area contributed by atoms with E-state index >= 15 is 0 Å². The van der Waals surface area contributed by atoms with E-state index in [9.17, 15) is 5.11 Å². The minimum Gasteiger partial charge on any atom is -0.393 e. The second-order valence-electron chi connectivity index (χ2n) is 4.62. The van der Waals surface area contributed by atoms with Gasteiger partial charge in [0.2, 0.25) is 0 Å². The number of aliphatic hydroxyl groups is 1. The van der Waals surface area contributed by atoms with Crippen molar-refractivity contribution in [3.63, 3.8) is 0 Å². The van der Waals surface area contributed by atoms with Crippen molar-refractivity contribution in [3.05, 3.63) is 36.3 Å². The summed E-state index contributed by atoms with van der Waals surface area (Å²) in [6.45, 7) is 0.562. The Morgan fingerprint density at radius 3 is 3.00 bits per heavy atom. The van der Waals surface area contributed by atoms with E-state index in [0.29, 0.717) is 6.54 Å². The Kier molecular flexibility index (Phi) is 2.02. The summed E-state index contributed by atoms with van der Waals surface area (Å²) >= 11 is 0. The lowest BCUT2D eigenvalue weighted by molar-refractivity contribution is 0.0197. The Morgan fingerprint density at radius 2 is 2.31 bits per heavy atom. The zero-order chi connectivity index (χ0) is 11.2. The lowest BCUT2D eigenvalue weighted by Crippen LogP contribution is -2.50. The third-order valence-corrected chi connectivity index (χ3v) is 3.60. The fourth-order valence-electron chi connectivity index (χ4n) is 2.65. The number of imidazole rings is 1. The topological polar surface area (TPSA) is 63.5 Å². The largest absolute Gasteiger partial charge is 0.393 e. The normalized spacial score (nSPS) is 29.2. The Bertz CT molecular complexity index is 514. The SMILES string of the molecule is NCC1(c2cnc3ccccn23)CC(O)C1. The van der Waals surface area contributed by atoms with Crippen LogP contribution >= 0.6 is 0 Å². The minimum atomic E-state index is -0.210. The van der Waals surface area contributed by atoms with Crippen LogP contribution in [0, 0.1) is 0 Å². The molecule has 3 N–H and O–H groups in total. The van der Waals surface area contributed by atoms with Crippen LogP contribution in [0.25, 0.3) is 5.65 Å². The summed E-state index contributed by atoms with van der Waals surface area (Å²) in [6.07, 6.45) is 5.16. The molecular formula is C12H15N3O. The number of fused-ring (bicyclic) bond motifs is 1. The first-order valence-electron chi connectivity index (χ1n) is 5.56. The lowest BCUT2D eigenvalue weighted by Gasteiger charge is -2.44. The summed E-state index contributed by atoms with van der Waals surface area (Å²) in [6, 6.07) is 5.93. The fourth-order valence-corrected chi connectivity index (χ4v) is 2.65. The molecule has 4 heteroatoms.